The third-order valence-electron chi connectivity index (χ3n) is 3.58. The number of fused-ring (bicyclic) bond motifs is 1. The maximum Gasteiger partial charge on any atom is 0.232 e. The quantitative estimate of drug-likeness (QED) is 0.635. The Bertz CT molecular complexity index is 819. The van der Waals surface area contributed by atoms with Gasteiger partial charge in [-0.3, -0.25) is 0 Å². The third kappa shape index (κ3) is 3.62. The number of thioether (sulfide) groups is 1. The molecule has 0 bridgehead atoms. The Balaban J connectivity index is 1.80. The second kappa shape index (κ2) is 6.94. The van der Waals surface area contributed by atoms with Crippen LogP contribution in [0.3, 0.4) is 0 Å². The normalized spacial score (nSPS) is 12.2. The van der Waals surface area contributed by atoms with E-state index < -0.39 is 0 Å². The number of nitrogens with zero attached hydrogens (tertiary/aromatic N) is 4. The topological polar surface area (TPSA) is 66.0 Å². The number of hydrogen-bond acceptors (Lipinski definition) is 6. The smallest absolute Gasteiger partial charge is 0.232 e. The number of imidazole rings is 1. The standard InChI is InChI=1S/C17H22N4O2S/c1-17(2,3)15-19-14(20-23-15)11-24-16-18-12-7-5-6-8-13(12)21(16)9-10-22-4/h5-8H,9-11H2,1-4H3. The number of methoxy groups -OCH3 is 1. The van der Waals surface area contributed by atoms with Gasteiger partial charge >= 0.3 is 0 Å². The first-order valence-corrected chi connectivity index (χ1v) is 8.87. The lowest BCUT2D eigenvalue weighted by Gasteiger charge is -2.10. The van der Waals surface area contributed by atoms with Crippen molar-refractivity contribution in [3.05, 3.63) is 36.0 Å². The second-order valence-corrected chi connectivity index (χ2v) is 7.52. The molecule has 0 spiro atoms. The molecule has 0 N–H and O–H groups in total. The highest BCUT2D eigenvalue weighted by Gasteiger charge is 2.22. The van der Waals surface area contributed by atoms with E-state index in [2.05, 4.69) is 41.5 Å². The Hall–Kier alpha value is -1.86. The third-order valence-corrected chi connectivity index (χ3v) is 4.55. The summed E-state index contributed by atoms with van der Waals surface area (Å²) in [7, 11) is 1.71. The molecule has 24 heavy (non-hydrogen) atoms. The van der Waals surface area contributed by atoms with E-state index in [1.54, 1.807) is 18.9 Å². The number of benzene rings is 1. The molecule has 6 nitrogen and oxygen atoms in total. The Morgan fingerprint density at radius 3 is 2.71 bits per heavy atom. The lowest BCUT2D eigenvalue weighted by atomic mass is 9.97. The van der Waals surface area contributed by atoms with Gasteiger partial charge in [-0.05, 0) is 12.1 Å². The van der Waals surface area contributed by atoms with E-state index in [4.69, 9.17) is 14.2 Å². The fourth-order valence-electron chi connectivity index (χ4n) is 2.31. The van der Waals surface area contributed by atoms with E-state index in [0.717, 1.165) is 22.7 Å². The second-order valence-electron chi connectivity index (χ2n) is 6.58. The first kappa shape index (κ1) is 17.0. The van der Waals surface area contributed by atoms with Crippen molar-refractivity contribution in [2.75, 3.05) is 13.7 Å². The van der Waals surface area contributed by atoms with Crippen molar-refractivity contribution in [3.63, 3.8) is 0 Å². The summed E-state index contributed by atoms with van der Waals surface area (Å²) in [5.74, 6) is 1.97. The van der Waals surface area contributed by atoms with Gasteiger partial charge in [0.05, 0.1) is 23.4 Å². The first-order valence-electron chi connectivity index (χ1n) is 7.89. The van der Waals surface area contributed by atoms with Crippen LogP contribution in [0.15, 0.2) is 33.9 Å². The maximum atomic E-state index is 5.35. The molecular formula is C17H22N4O2S. The minimum Gasteiger partial charge on any atom is -0.383 e. The van der Waals surface area contributed by atoms with Crippen LogP contribution in [-0.4, -0.2) is 33.4 Å². The molecule has 0 unspecified atom stereocenters. The van der Waals surface area contributed by atoms with Crippen molar-refractivity contribution in [1.29, 1.82) is 0 Å². The minimum absolute atomic E-state index is 0.137. The van der Waals surface area contributed by atoms with E-state index in [0.29, 0.717) is 24.1 Å². The van der Waals surface area contributed by atoms with Gasteiger partial charge in [-0.1, -0.05) is 49.8 Å². The summed E-state index contributed by atoms with van der Waals surface area (Å²) in [5, 5.41) is 5.01. The predicted octanol–water partition coefficient (Wildman–Crippen LogP) is 3.66. The molecule has 0 aliphatic carbocycles. The van der Waals surface area contributed by atoms with E-state index in [1.165, 1.54) is 0 Å². The highest BCUT2D eigenvalue weighted by molar-refractivity contribution is 7.98. The lowest BCUT2D eigenvalue weighted by Crippen LogP contribution is -2.11. The fraction of sp³-hybridized carbons (Fsp3) is 0.471. The van der Waals surface area contributed by atoms with Crippen molar-refractivity contribution < 1.29 is 9.26 Å². The molecule has 0 fully saturated rings. The van der Waals surface area contributed by atoms with Crippen LogP contribution >= 0.6 is 11.8 Å². The van der Waals surface area contributed by atoms with E-state index >= 15 is 0 Å². The van der Waals surface area contributed by atoms with Gasteiger partial charge in [0, 0.05) is 19.1 Å². The van der Waals surface area contributed by atoms with E-state index in [1.807, 2.05) is 18.2 Å². The molecule has 128 valence electrons. The number of ether oxygens (including phenoxy) is 1. The van der Waals surface area contributed by atoms with Gasteiger partial charge in [0.1, 0.15) is 0 Å². The molecule has 0 radical (unpaired) electrons. The SMILES string of the molecule is COCCn1c(SCc2noc(C(C)(C)C)n2)nc2ccccc21. The average molecular weight is 346 g/mol. The molecule has 7 heteroatoms. The zero-order chi connectivity index (χ0) is 17.2. The first-order chi connectivity index (χ1) is 11.5. The van der Waals surface area contributed by atoms with Gasteiger partial charge in [-0.2, -0.15) is 4.98 Å². The molecule has 2 aromatic heterocycles. The van der Waals surface area contributed by atoms with Crippen molar-refractivity contribution in [3.8, 4) is 0 Å². The Labute approximate surface area is 145 Å². The minimum atomic E-state index is -0.137. The van der Waals surface area contributed by atoms with Gasteiger partial charge in [-0.25, -0.2) is 4.98 Å². The summed E-state index contributed by atoms with van der Waals surface area (Å²) >= 11 is 1.61. The van der Waals surface area contributed by atoms with Crippen molar-refractivity contribution in [1.82, 2.24) is 19.7 Å². The summed E-state index contributed by atoms with van der Waals surface area (Å²) in [6, 6.07) is 8.12. The van der Waals surface area contributed by atoms with Crippen LogP contribution in [0.1, 0.15) is 32.5 Å². The van der Waals surface area contributed by atoms with Crippen molar-refractivity contribution in [2.24, 2.45) is 0 Å². The van der Waals surface area contributed by atoms with Crippen LogP contribution in [0.25, 0.3) is 11.0 Å². The Morgan fingerprint density at radius 1 is 1.21 bits per heavy atom. The molecule has 0 aliphatic heterocycles. The van der Waals surface area contributed by atoms with Gasteiger partial charge in [0.2, 0.25) is 5.89 Å². The summed E-state index contributed by atoms with van der Waals surface area (Å²) in [5.41, 5.74) is 1.96. The zero-order valence-electron chi connectivity index (χ0n) is 14.4. The molecule has 0 saturated carbocycles. The number of aromatic nitrogens is 4. The Morgan fingerprint density at radius 2 is 2.00 bits per heavy atom. The molecular weight excluding hydrogens is 324 g/mol. The average Bonchev–Trinajstić information content (AvgIpc) is 3.15. The van der Waals surface area contributed by atoms with Crippen LogP contribution in [0.4, 0.5) is 0 Å². The van der Waals surface area contributed by atoms with Gasteiger partial charge in [-0.15, -0.1) is 0 Å². The van der Waals surface area contributed by atoms with Crippen LogP contribution < -0.4 is 0 Å². The lowest BCUT2D eigenvalue weighted by molar-refractivity contribution is 0.186. The predicted molar refractivity (Wildman–Crippen MR) is 94.2 cm³/mol. The maximum absolute atomic E-state index is 5.35. The summed E-state index contributed by atoms with van der Waals surface area (Å²) < 4.78 is 12.7. The van der Waals surface area contributed by atoms with Crippen LogP contribution in [-0.2, 0) is 22.4 Å². The molecule has 0 aliphatic rings. The number of hydrogen-bond donors (Lipinski definition) is 0. The molecule has 0 saturated heterocycles. The van der Waals surface area contributed by atoms with Crippen LogP contribution in [0.2, 0.25) is 0 Å². The summed E-state index contributed by atoms with van der Waals surface area (Å²) in [4.78, 5) is 9.20. The summed E-state index contributed by atoms with van der Waals surface area (Å²) in [6.45, 7) is 7.58. The molecule has 3 aromatic rings. The zero-order valence-corrected chi connectivity index (χ0v) is 15.3. The monoisotopic (exact) mass is 346 g/mol. The molecule has 3 rings (SSSR count). The van der Waals surface area contributed by atoms with Gasteiger partial charge < -0.3 is 13.8 Å². The van der Waals surface area contributed by atoms with Crippen LogP contribution in [0.5, 0.6) is 0 Å². The van der Waals surface area contributed by atoms with Crippen LogP contribution in [0, 0.1) is 0 Å². The highest BCUT2D eigenvalue weighted by Crippen LogP contribution is 2.27. The van der Waals surface area contributed by atoms with E-state index in [-0.39, 0.29) is 5.41 Å². The van der Waals surface area contributed by atoms with Crippen molar-refractivity contribution >= 4 is 22.8 Å². The summed E-state index contributed by atoms with van der Waals surface area (Å²) in [6.07, 6.45) is 0. The largest absolute Gasteiger partial charge is 0.383 e. The molecule has 0 atom stereocenters. The van der Waals surface area contributed by atoms with Crippen molar-refractivity contribution in [2.45, 2.75) is 43.6 Å². The highest BCUT2D eigenvalue weighted by atomic mass is 32.2. The molecule has 0 amide bonds. The van der Waals surface area contributed by atoms with Gasteiger partial charge in [0.15, 0.2) is 11.0 Å². The Kier molecular flexibility index (Phi) is 4.91. The number of para-hydroxylation sites is 2. The molecule has 2 heterocycles. The fourth-order valence-corrected chi connectivity index (χ4v) is 3.19. The number of rotatable bonds is 6. The van der Waals surface area contributed by atoms with E-state index in [9.17, 15) is 0 Å². The molecule has 1 aromatic carbocycles. The van der Waals surface area contributed by atoms with Gasteiger partial charge in [0.25, 0.3) is 0 Å².